The van der Waals surface area contributed by atoms with Crippen molar-refractivity contribution in [3.63, 3.8) is 0 Å². The van der Waals surface area contributed by atoms with Gasteiger partial charge in [0, 0.05) is 23.9 Å². The van der Waals surface area contributed by atoms with Crippen LogP contribution in [0.4, 0.5) is 0 Å². The van der Waals surface area contributed by atoms with Gasteiger partial charge in [-0.15, -0.1) is 0 Å². The van der Waals surface area contributed by atoms with E-state index in [9.17, 15) is 0 Å². The lowest BCUT2D eigenvalue weighted by Crippen LogP contribution is -2.54. The van der Waals surface area contributed by atoms with Crippen molar-refractivity contribution >= 4 is 0 Å². The normalized spacial score (nSPS) is 23.8. The van der Waals surface area contributed by atoms with Crippen molar-refractivity contribution in [3.8, 4) is 0 Å². The molecule has 1 aliphatic heterocycles. The highest BCUT2D eigenvalue weighted by Gasteiger charge is 2.49. The zero-order valence-corrected chi connectivity index (χ0v) is 12.4. The monoisotopic (exact) mass is 270 g/mol. The average molecular weight is 270 g/mol. The second kappa shape index (κ2) is 4.76. The topological polar surface area (TPSA) is 26.2 Å². The summed E-state index contributed by atoms with van der Waals surface area (Å²) in [5.74, 6) is 0. The van der Waals surface area contributed by atoms with Crippen LogP contribution < -0.4 is 5.48 Å². The van der Waals surface area contributed by atoms with E-state index in [0.29, 0.717) is 6.61 Å². The van der Waals surface area contributed by atoms with Gasteiger partial charge in [0.2, 0.25) is 0 Å². The van der Waals surface area contributed by atoms with Crippen LogP contribution in [0.25, 0.3) is 0 Å². The Morgan fingerprint density at radius 1 is 1.10 bits per heavy atom. The van der Waals surface area contributed by atoms with Gasteiger partial charge < -0.3 is 4.57 Å². The number of rotatable bonds is 4. The first-order valence-corrected chi connectivity index (χ1v) is 7.11. The van der Waals surface area contributed by atoms with Crippen molar-refractivity contribution in [2.45, 2.75) is 44.9 Å². The summed E-state index contributed by atoms with van der Waals surface area (Å²) >= 11 is 0. The molecule has 2 heterocycles. The van der Waals surface area contributed by atoms with Crippen LogP contribution >= 0.6 is 0 Å². The maximum Gasteiger partial charge on any atom is 0.0933 e. The standard InChI is InChI=1S/C17H22N2O/c1-16(2)15-10-7-11-19(15)13-17(16,3)18-20-12-14-8-5-4-6-9-14/h4-11,18H,12-13H2,1-3H3. The first-order chi connectivity index (χ1) is 9.53. The minimum Gasteiger partial charge on any atom is -0.349 e. The van der Waals surface area contributed by atoms with E-state index in [1.807, 2.05) is 18.2 Å². The molecule has 0 aliphatic carbocycles. The molecule has 2 aromatic rings. The Kier molecular flexibility index (Phi) is 3.19. The summed E-state index contributed by atoms with van der Waals surface area (Å²) in [5.41, 5.74) is 5.78. The Morgan fingerprint density at radius 2 is 1.85 bits per heavy atom. The lowest BCUT2D eigenvalue weighted by atomic mass is 9.74. The quantitative estimate of drug-likeness (QED) is 0.863. The van der Waals surface area contributed by atoms with Gasteiger partial charge in [0.15, 0.2) is 0 Å². The molecule has 1 aromatic carbocycles. The molecule has 0 bridgehead atoms. The van der Waals surface area contributed by atoms with Crippen LogP contribution in [0.15, 0.2) is 48.7 Å². The summed E-state index contributed by atoms with van der Waals surface area (Å²) < 4.78 is 2.30. The van der Waals surface area contributed by atoms with Crippen molar-refractivity contribution in [1.29, 1.82) is 0 Å². The molecule has 1 N–H and O–H groups in total. The predicted molar refractivity (Wildman–Crippen MR) is 80.2 cm³/mol. The molecule has 0 amide bonds. The van der Waals surface area contributed by atoms with Crippen molar-refractivity contribution < 1.29 is 4.84 Å². The highest BCUT2D eigenvalue weighted by molar-refractivity contribution is 5.29. The van der Waals surface area contributed by atoms with E-state index in [0.717, 1.165) is 6.54 Å². The van der Waals surface area contributed by atoms with E-state index in [1.54, 1.807) is 0 Å². The van der Waals surface area contributed by atoms with Crippen molar-refractivity contribution in [1.82, 2.24) is 10.0 Å². The van der Waals surface area contributed by atoms with Crippen molar-refractivity contribution in [2.75, 3.05) is 0 Å². The van der Waals surface area contributed by atoms with E-state index < -0.39 is 0 Å². The number of fused-ring (bicyclic) bond motifs is 1. The smallest absolute Gasteiger partial charge is 0.0933 e. The lowest BCUT2D eigenvalue weighted by Gasteiger charge is -2.37. The molecule has 0 fully saturated rings. The first-order valence-electron chi connectivity index (χ1n) is 7.11. The van der Waals surface area contributed by atoms with E-state index in [-0.39, 0.29) is 11.0 Å². The Labute approximate surface area is 120 Å². The van der Waals surface area contributed by atoms with Gasteiger partial charge in [0.05, 0.1) is 12.1 Å². The van der Waals surface area contributed by atoms with Crippen LogP contribution in [0.5, 0.6) is 0 Å². The predicted octanol–water partition coefficient (Wildman–Crippen LogP) is 3.26. The molecule has 1 aromatic heterocycles. The summed E-state index contributed by atoms with van der Waals surface area (Å²) in [7, 11) is 0. The number of benzene rings is 1. The number of nitrogens with zero attached hydrogens (tertiary/aromatic N) is 1. The minimum absolute atomic E-state index is 0.0349. The Hall–Kier alpha value is -1.58. The number of aromatic nitrogens is 1. The molecule has 1 atom stereocenters. The van der Waals surface area contributed by atoms with Crippen molar-refractivity contribution in [2.24, 2.45) is 0 Å². The fourth-order valence-electron chi connectivity index (χ4n) is 2.95. The number of hydrogen-bond acceptors (Lipinski definition) is 2. The Balaban J connectivity index is 1.67. The molecule has 1 aliphatic rings. The molecule has 3 heteroatoms. The van der Waals surface area contributed by atoms with Gasteiger partial charge >= 0.3 is 0 Å². The zero-order valence-electron chi connectivity index (χ0n) is 12.4. The summed E-state index contributed by atoms with van der Waals surface area (Å²) in [4.78, 5) is 5.78. The molecule has 3 nitrogen and oxygen atoms in total. The van der Waals surface area contributed by atoms with Gasteiger partial charge in [0.1, 0.15) is 0 Å². The number of hydroxylamine groups is 1. The fraction of sp³-hybridized carbons (Fsp3) is 0.412. The molecule has 20 heavy (non-hydrogen) atoms. The molecule has 0 spiro atoms. The third-order valence-electron chi connectivity index (χ3n) is 4.71. The van der Waals surface area contributed by atoms with Crippen LogP contribution in [0.3, 0.4) is 0 Å². The molecule has 0 saturated carbocycles. The van der Waals surface area contributed by atoms with Gasteiger partial charge in [-0.1, -0.05) is 44.2 Å². The van der Waals surface area contributed by atoms with E-state index in [2.05, 4.69) is 61.3 Å². The van der Waals surface area contributed by atoms with Crippen LogP contribution in [0.2, 0.25) is 0 Å². The van der Waals surface area contributed by atoms with Gasteiger partial charge in [-0.2, -0.15) is 5.48 Å². The highest BCUT2D eigenvalue weighted by atomic mass is 16.6. The van der Waals surface area contributed by atoms with Crippen LogP contribution in [0.1, 0.15) is 32.0 Å². The van der Waals surface area contributed by atoms with Crippen LogP contribution in [-0.2, 0) is 23.4 Å². The zero-order chi connectivity index (χ0) is 14.2. The molecule has 0 saturated heterocycles. The van der Waals surface area contributed by atoms with E-state index in [1.165, 1.54) is 11.3 Å². The largest absolute Gasteiger partial charge is 0.349 e. The first kappa shape index (κ1) is 13.4. The molecule has 3 rings (SSSR count). The fourth-order valence-corrected chi connectivity index (χ4v) is 2.95. The maximum atomic E-state index is 5.78. The second-order valence-corrected chi connectivity index (χ2v) is 6.35. The molecule has 0 radical (unpaired) electrons. The van der Waals surface area contributed by atoms with Crippen molar-refractivity contribution in [3.05, 3.63) is 59.9 Å². The van der Waals surface area contributed by atoms with Gasteiger partial charge in [-0.25, -0.2) is 0 Å². The van der Waals surface area contributed by atoms with Gasteiger partial charge in [0.25, 0.3) is 0 Å². The summed E-state index contributed by atoms with van der Waals surface area (Å²) in [6.07, 6.45) is 2.14. The summed E-state index contributed by atoms with van der Waals surface area (Å²) in [6, 6.07) is 14.6. The second-order valence-electron chi connectivity index (χ2n) is 6.35. The SMILES string of the molecule is CC1(NOCc2ccccc2)Cn2cccc2C1(C)C. The van der Waals surface area contributed by atoms with E-state index >= 15 is 0 Å². The van der Waals surface area contributed by atoms with E-state index in [4.69, 9.17) is 4.84 Å². The lowest BCUT2D eigenvalue weighted by molar-refractivity contribution is -0.0497. The molecular formula is C17H22N2O. The molecular weight excluding hydrogens is 248 g/mol. The van der Waals surface area contributed by atoms with Crippen LogP contribution in [-0.4, -0.2) is 10.1 Å². The van der Waals surface area contributed by atoms with Gasteiger partial charge in [-0.3, -0.25) is 4.84 Å². The Bertz CT molecular complexity index is 588. The maximum absolute atomic E-state index is 5.78. The third-order valence-corrected chi connectivity index (χ3v) is 4.71. The number of hydrogen-bond donors (Lipinski definition) is 1. The van der Waals surface area contributed by atoms with Gasteiger partial charge in [-0.05, 0) is 24.6 Å². The summed E-state index contributed by atoms with van der Waals surface area (Å²) in [6.45, 7) is 8.28. The average Bonchev–Trinajstić information content (AvgIpc) is 2.94. The molecule has 106 valence electrons. The number of nitrogens with one attached hydrogen (secondary N) is 1. The van der Waals surface area contributed by atoms with Crippen LogP contribution in [0, 0.1) is 0 Å². The highest BCUT2D eigenvalue weighted by Crippen LogP contribution is 2.42. The third kappa shape index (κ3) is 2.07. The minimum atomic E-state index is -0.0988. The summed E-state index contributed by atoms with van der Waals surface area (Å²) in [5, 5.41) is 0. The Morgan fingerprint density at radius 3 is 2.55 bits per heavy atom. The molecule has 1 unspecified atom stereocenters.